The molecule has 4 heteroatoms. The fourth-order valence-corrected chi connectivity index (χ4v) is 0.972. The number of nitrogens with two attached hydrogens (primary N) is 2. The summed E-state index contributed by atoms with van der Waals surface area (Å²) in [5, 5.41) is 9.19. The highest BCUT2D eigenvalue weighted by Gasteiger charge is 2.14. The number of aromatic nitrogens is 1. The molecule has 5 N–H and O–H groups in total. The second-order valence-electron chi connectivity index (χ2n) is 2.74. The average molecular weight is 167 g/mol. The van der Waals surface area contributed by atoms with Crippen molar-refractivity contribution in [1.82, 2.24) is 4.98 Å². The standard InChI is InChI=1S/C8H13N3O/c1-5(12)7(9)6-3-2-4-11-8(6)10/h2-5,7,12H,9H2,1H3,(H2,10,11)/t5-,7-/m0/s1. The van der Waals surface area contributed by atoms with E-state index in [1.54, 1.807) is 25.3 Å². The Morgan fingerprint density at radius 1 is 1.58 bits per heavy atom. The van der Waals surface area contributed by atoms with Crippen molar-refractivity contribution in [1.29, 1.82) is 0 Å². The van der Waals surface area contributed by atoms with Crippen molar-refractivity contribution in [3.05, 3.63) is 23.9 Å². The molecule has 0 aliphatic heterocycles. The van der Waals surface area contributed by atoms with E-state index in [1.165, 1.54) is 0 Å². The fraction of sp³-hybridized carbons (Fsp3) is 0.375. The van der Waals surface area contributed by atoms with Gasteiger partial charge in [-0.2, -0.15) is 0 Å². The number of rotatable bonds is 2. The van der Waals surface area contributed by atoms with E-state index in [1.807, 2.05) is 0 Å². The van der Waals surface area contributed by atoms with Crippen LogP contribution in [-0.4, -0.2) is 16.2 Å². The summed E-state index contributed by atoms with van der Waals surface area (Å²) in [6.07, 6.45) is 0.977. The van der Waals surface area contributed by atoms with Crippen molar-refractivity contribution in [3.8, 4) is 0 Å². The topological polar surface area (TPSA) is 85.2 Å². The zero-order chi connectivity index (χ0) is 9.14. The Kier molecular flexibility index (Phi) is 2.62. The van der Waals surface area contributed by atoms with Crippen LogP contribution in [0, 0.1) is 0 Å². The van der Waals surface area contributed by atoms with Crippen molar-refractivity contribution < 1.29 is 5.11 Å². The molecule has 0 aliphatic rings. The van der Waals surface area contributed by atoms with Crippen LogP contribution in [-0.2, 0) is 0 Å². The number of anilines is 1. The monoisotopic (exact) mass is 167 g/mol. The number of hydrogen-bond donors (Lipinski definition) is 3. The van der Waals surface area contributed by atoms with Crippen LogP contribution < -0.4 is 11.5 Å². The van der Waals surface area contributed by atoms with E-state index in [-0.39, 0.29) is 0 Å². The molecule has 0 unspecified atom stereocenters. The highest BCUT2D eigenvalue weighted by Crippen LogP contribution is 2.17. The van der Waals surface area contributed by atoms with Gasteiger partial charge in [0, 0.05) is 11.8 Å². The van der Waals surface area contributed by atoms with Gasteiger partial charge in [0.05, 0.1) is 12.1 Å². The maximum absolute atomic E-state index is 9.19. The van der Waals surface area contributed by atoms with E-state index in [0.717, 1.165) is 0 Å². The van der Waals surface area contributed by atoms with Crippen molar-refractivity contribution in [2.45, 2.75) is 19.1 Å². The van der Waals surface area contributed by atoms with Gasteiger partial charge in [0.25, 0.3) is 0 Å². The predicted molar refractivity (Wildman–Crippen MR) is 47.3 cm³/mol. The van der Waals surface area contributed by atoms with E-state index in [4.69, 9.17) is 11.5 Å². The number of nitrogens with zero attached hydrogens (tertiary/aromatic N) is 1. The Balaban J connectivity index is 2.94. The normalized spacial score (nSPS) is 15.6. The Labute approximate surface area is 71.2 Å². The first kappa shape index (κ1) is 8.96. The quantitative estimate of drug-likeness (QED) is 0.580. The minimum atomic E-state index is -0.614. The van der Waals surface area contributed by atoms with Crippen LogP contribution in [0.2, 0.25) is 0 Å². The van der Waals surface area contributed by atoms with Crippen LogP contribution in [0.4, 0.5) is 5.82 Å². The summed E-state index contributed by atoms with van der Waals surface area (Å²) < 4.78 is 0. The third kappa shape index (κ3) is 1.72. The van der Waals surface area contributed by atoms with E-state index in [0.29, 0.717) is 11.4 Å². The van der Waals surface area contributed by atoms with E-state index in [9.17, 15) is 5.11 Å². The second kappa shape index (κ2) is 3.51. The van der Waals surface area contributed by atoms with Crippen LogP contribution in [0.3, 0.4) is 0 Å². The van der Waals surface area contributed by atoms with Crippen LogP contribution in [0.5, 0.6) is 0 Å². The van der Waals surface area contributed by atoms with Gasteiger partial charge in [-0.1, -0.05) is 6.07 Å². The van der Waals surface area contributed by atoms with Gasteiger partial charge in [0.1, 0.15) is 5.82 Å². The number of pyridine rings is 1. The summed E-state index contributed by atoms with van der Waals surface area (Å²) in [7, 11) is 0. The molecule has 12 heavy (non-hydrogen) atoms. The SMILES string of the molecule is C[C@H](O)[C@H](N)c1cccnc1N. The highest BCUT2D eigenvalue weighted by molar-refractivity contribution is 5.40. The van der Waals surface area contributed by atoms with Gasteiger partial charge < -0.3 is 16.6 Å². The lowest BCUT2D eigenvalue weighted by Crippen LogP contribution is -2.24. The molecule has 0 saturated carbocycles. The van der Waals surface area contributed by atoms with Crippen LogP contribution >= 0.6 is 0 Å². The maximum atomic E-state index is 9.19. The van der Waals surface area contributed by atoms with Gasteiger partial charge in [-0.15, -0.1) is 0 Å². The smallest absolute Gasteiger partial charge is 0.128 e. The molecule has 66 valence electrons. The van der Waals surface area contributed by atoms with Crippen LogP contribution in [0.25, 0.3) is 0 Å². The zero-order valence-corrected chi connectivity index (χ0v) is 6.94. The first-order valence-corrected chi connectivity index (χ1v) is 3.77. The Morgan fingerprint density at radius 2 is 2.25 bits per heavy atom. The molecule has 0 bridgehead atoms. The molecule has 1 aromatic rings. The van der Waals surface area contributed by atoms with Gasteiger partial charge in [-0.05, 0) is 13.0 Å². The third-order valence-corrected chi connectivity index (χ3v) is 1.75. The molecule has 2 atom stereocenters. The minimum absolute atomic E-state index is 0.380. The summed E-state index contributed by atoms with van der Waals surface area (Å²) >= 11 is 0. The molecule has 4 nitrogen and oxygen atoms in total. The molecule has 0 radical (unpaired) electrons. The Morgan fingerprint density at radius 3 is 2.75 bits per heavy atom. The number of nitrogen functional groups attached to an aromatic ring is 1. The largest absolute Gasteiger partial charge is 0.391 e. The van der Waals surface area contributed by atoms with Gasteiger partial charge in [-0.25, -0.2) is 4.98 Å². The molecule has 1 rings (SSSR count). The third-order valence-electron chi connectivity index (χ3n) is 1.75. The zero-order valence-electron chi connectivity index (χ0n) is 6.94. The summed E-state index contributed by atoms with van der Waals surface area (Å²) in [4.78, 5) is 3.87. The number of aliphatic hydroxyl groups excluding tert-OH is 1. The summed E-state index contributed by atoms with van der Waals surface area (Å²) in [5.74, 6) is 0.380. The van der Waals surface area contributed by atoms with Crippen molar-refractivity contribution in [2.75, 3.05) is 5.73 Å². The lowest BCUT2D eigenvalue weighted by Gasteiger charge is -2.15. The number of hydrogen-bond acceptors (Lipinski definition) is 4. The highest BCUT2D eigenvalue weighted by atomic mass is 16.3. The van der Waals surface area contributed by atoms with Gasteiger partial charge >= 0.3 is 0 Å². The van der Waals surface area contributed by atoms with Crippen LogP contribution in [0.15, 0.2) is 18.3 Å². The molecule has 0 saturated heterocycles. The second-order valence-corrected chi connectivity index (χ2v) is 2.74. The first-order valence-electron chi connectivity index (χ1n) is 3.77. The fourth-order valence-electron chi connectivity index (χ4n) is 0.972. The molecule has 0 spiro atoms. The summed E-state index contributed by atoms with van der Waals surface area (Å²) in [5.41, 5.74) is 11.9. The minimum Gasteiger partial charge on any atom is -0.391 e. The molecule has 0 aromatic carbocycles. The molecule has 1 aromatic heterocycles. The van der Waals surface area contributed by atoms with Gasteiger partial charge in [0.2, 0.25) is 0 Å². The molecule has 0 amide bonds. The Hall–Kier alpha value is -1.13. The Bertz CT molecular complexity index is 262. The van der Waals surface area contributed by atoms with E-state index >= 15 is 0 Å². The molecule has 0 aliphatic carbocycles. The molecular weight excluding hydrogens is 154 g/mol. The van der Waals surface area contributed by atoms with Crippen molar-refractivity contribution in [3.63, 3.8) is 0 Å². The lowest BCUT2D eigenvalue weighted by atomic mass is 10.0. The average Bonchev–Trinajstić information content (AvgIpc) is 2.04. The molecule has 0 fully saturated rings. The van der Waals surface area contributed by atoms with Gasteiger partial charge in [0.15, 0.2) is 0 Å². The van der Waals surface area contributed by atoms with Crippen molar-refractivity contribution >= 4 is 5.82 Å². The first-order chi connectivity index (χ1) is 5.63. The summed E-state index contributed by atoms with van der Waals surface area (Å²) in [6.45, 7) is 1.62. The molecule has 1 heterocycles. The van der Waals surface area contributed by atoms with Crippen LogP contribution in [0.1, 0.15) is 18.5 Å². The maximum Gasteiger partial charge on any atom is 0.128 e. The van der Waals surface area contributed by atoms with Crippen molar-refractivity contribution in [2.24, 2.45) is 5.73 Å². The molecular formula is C8H13N3O. The summed E-state index contributed by atoms with van der Waals surface area (Å²) in [6, 6.07) is 3.05. The van der Waals surface area contributed by atoms with Gasteiger partial charge in [-0.3, -0.25) is 0 Å². The van der Waals surface area contributed by atoms with E-state index in [2.05, 4.69) is 4.98 Å². The number of aliphatic hydroxyl groups is 1. The lowest BCUT2D eigenvalue weighted by molar-refractivity contribution is 0.164. The predicted octanol–water partition coefficient (Wildman–Crippen LogP) is 0.0444. The van der Waals surface area contributed by atoms with E-state index < -0.39 is 12.1 Å².